The first-order valence-corrected chi connectivity index (χ1v) is 7.61. The second kappa shape index (κ2) is 5.61. The first-order chi connectivity index (χ1) is 11.2. The number of allylic oxidation sites excluding steroid dienone is 2. The minimum absolute atomic E-state index is 0.0161. The number of hydrogen-bond acceptors (Lipinski definition) is 4. The van der Waals surface area contributed by atoms with Gasteiger partial charge in [-0.2, -0.15) is 23.0 Å². The predicted octanol–water partition coefficient (Wildman–Crippen LogP) is 3.86. The maximum atomic E-state index is 13.5. The molecule has 24 heavy (non-hydrogen) atoms. The minimum Gasteiger partial charge on any atom is -0.383 e. The van der Waals surface area contributed by atoms with E-state index >= 15 is 0 Å². The first kappa shape index (κ1) is 16.5. The molecule has 0 saturated heterocycles. The highest BCUT2D eigenvalue weighted by Crippen LogP contribution is 2.45. The Balaban J connectivity index is 2.18. The Kier molecular flexibility index (Phi) is 3.85. The Bertz CT molecular complexity index is 775. The fourth-order valence-electron chi connectivity index (χ4n) is 3.00. The highest BCUT2D eigenvalue weighted by atomic mass is 19.4. The fourth-order valence-corrected chi connectivity index (χ4v) is 3.00. The van der Waals surface area contributed by atoms with Gasteiger partial charge in [0.2, 0.25) is 0 Å². The lowest BCUT2D eigenvalue weighted by Gasteiger charge is -2.30. The molecule has 3 rings (SSSR count). The number of rotatable bonds is 2. The van der Waals surface area contributed by atoms with Crippen LogP contribution < -0.4 is 5.73 Å². The SMILES string of the molecule is CC1(C)CCC=C(c2c(C(F)(F)F)nn(-c3ncccn3)c2N)C1. The second-order valence-corrected chi connectivity index (χ2v) is 6.68. The Labute approximate surface area is 137 Å². The lowest BCUT2D eigenvalue weighted by molar-refractivity contribution is -0.141. The molecule has 0 radical (unpaired) electrons. The van der Waals surface area contributed by atoms with E-state index in [1.807, 2.05) is 19.9 Å². The van der Waals surface area contributed by atoms with Crippen molar-refractivity contribution in [2.24, 2.45) is 5.41 Å². The molecule has 128 valence electrons. The molecular formula is C16H18F3N5. The Hall–Kier alpha value is -2.38. The number of nitrogen functional groups attached to an aromatic ring is 1. The van der Waals surface area contributed by atoms with E-state index < -0.39 is 11.9 Å². The molecule has 0 spiro atoms. The summed E-state index contributed by atoms with van der Waals surface area (Å²) in [4.78, 5) is 7.89. The molecule has 2 aromatic heterocycles. The van der Waals surface area contributed by atoms with Crippen molar-refractivity contribution >= 4 is 11.4 Å². The molecular weight excluding hydrogens is 319 g/mol. The molecule has 1 aliphatic rings. The third-order valence-electron chi connectivity index (χ3n) is 4.13. The number of aromatic nitrogens is 4. The van der Waals surface area contributed by atoms with E-state index in [4.69, 9.17) is 5.73 Å². The highest BCUT2D eigenvalue weighted by molar-refractivity contribution is 5.77. The largest absolute Gasteiger partial charge is 0.435 e. The Morgan fingerprint density at radius 3 is 2.46 bits per heavy atom. The molecule has 0 amide bonds. The number of hydrogen-bond donors (Lipinski definition) is 1. The van der Waals surface area contributed by atoms with Crippen LogP contribution in [0, 0.1) is 5.41 Å². The van der Waals surface area contributed by atoms with Crippen LogP contribution in [0.25, 0.3) is 11.5 Å². The molecule has 0 bridgehead atoms. The van der Waals surface area contributed by atoms with Crippen LogP contribution in [0.15, 0.2) is 24.5 Å². The Morgan fingerprint density at radius 2 is 1.88 bits per heavy atom. The zero-order chi connectivity index (χ0) is 17.5. The summed E-state index contributed by atoms with van der Waals surface area (Å²) >= 11 is 0. The van der Waals surface area contributed by atoms with Crippen molar-refractivity contribution in [3.8, 4) is 5.95 Å². The molecule has 8 heteroatoms. The number of nitrogens with zero attached hydrogens (tertiary/aromatic N) is 4. The molecule has 2 heterocycles. The number of nitrogens with two attached hydrogens (primary N) is 1. The quantitative estimate of drug-likeness (QED) is 0.903. The van der Waals surface area contributed by atoms with Gasteiger partial charge in [0.15, 0.2) is 5.69 Å². The van der Waals surface area contributed by atoms with Crippen molar-refractivity contribution in [3.05, 3.63) is 35.8 Å². The van der Waals surface area contributed by atoms with Crippen LogP contribution in [0.5, 0.6) is 0 Å². The summed E-state index contributed by atoms with van der Waals surface area (Å²) in [6.45, 7) is 4.07. The lowest BCUT2D eigenvalue weighted by Crippen LogP contribution is -2.17. The summed E-state index contributed by atoms with van der Waals surface area (Å²) in [5.74, 6) is -0.0695. The van der Waals surface area contributed by atoms with E-state index in [2.05, 4.69) is 15.1 Å². The zero-order valence-corrected chi connectivity index (χ0v) is 13.4. The molecule has 0 unspecified atom stereocenters. The van der Waals surface area contributed by atoms with Gasteiger partial charge in [-0.05, 0) is 36.3 Å². The maximum Gasteiger partial charge on any atom is 0.435 e. The van der Waals surface area contributed by atoms with E-state index in [0.29, 0.717) is 18.4 Å². The summed E-state index contributed by atoms with van der Waals surface area (Å²) in [5.41, 5.74) is 5.49. The average molecular weight is 337 g/mol. The van der Waals surface area contributed by atoms with Crippen molar-refractivity contribution < 1.29 is 13.2 Å². The van der Waals surface area contributed by atoms with Crippen LogP contribution in [-0.2, 0) is 6.18 Å². The van der Waals surface area contributed by atoms with Gasteiger partial charge in [0.05, 0.1) is 5.56 Å². The number of halogens is 3. The predicted molar refractivity (Wildman–Crippen MR) is 84.2 cm³/mol. The molecule has 0 aromatic carbocycles. The van der Waals surface area contributed by atoms with Crippen molar-refractivity contribution in [1.29, 1.82) is 0 Å². The molecule has 2 N–H and O–H groups in total. The molecule has 0 saturated carbocycles. The molecule has 5 nitrogen and oxygen atoms in total. The molecule has 0 atom stereocenters. The van der Waals surface area contributed by atoms with Gasteiger partial charge in [0.1, 0.15) is 5.82 Å². The van der Waals surface area contributed by atoms with Gasteiger partial charge in [-0.1, -0.05) is 19.9 Å². The molecule has 2 aromatic rings. The van der Waals surface area contributed by atoms with Crippen molar-refractivity contribution in [1.82, 2.24) is 19.7 Å². The maximum absolute atomic E-state index is 13.5. The molecule has 0 aliphatic heterocycles. The summed E-state index contributed by atoms with van der Waals surface area (Å²) in [7, 11) is 0. The topological polar surface area (TPSA) is 69.6 Å². The third-order valence-corrected chi connectivity index (χ3v) is 4.13. The summed E-state index contributed by atoms with van der Waals surface area (Å²) in [5, 5.41) is 3.68. The van der Waals surface area contributed by atoms with Crippen LogP contribution in [0.2, 0.25) is 0 Å². The first-order valence-electron chi connectivity index (χ1n) is 7.61. The average Bonchev–Trinajstić information content (AvgIpc) is 2.85. The van der Waals surface area contributed by atoms with Gasteiger partial charge >= 0.3 is 6.18 Å². The normalized spacial score (nSPS) is 17.6. The molecule has 1 aliphatic carbocycles. The minimum atomic E-state index is -4.61. The van der Waals surface area contributed by atoms with Gasteiger partial charge in [-0.25, -0.2) is 9.97 Å². The highest BCUT2D eigenvalue weighted by Gasteiger charge is 2.41. The van der Waals surface area contributed by atoms with Crippen molar-refractivity contribution in [3.63, 3.8) is 0 Å². The monoisotopic (exact) mass is 337 g/mol. The van der Waals surface area contributed by atoms with Crippen LogP contribution in [0.1, 0.15) is 44.4 Å². The van der Waals surface area contributed by atoms with Gasteiger partial charge < -0.3 is 5.73 Å². The van der Waals surface area contributed by atoms with E-state index in [1.165, 1.54) is 12.4 Å². The second-order valence-electron chi connectivity index (χ2n) is 6.68. The summed E-state index contributed by atoms with van der Waals surface area (Å²) in [6.07, 6.45) is 2.23. The van der Waals surface area contributed by atoms with Crippen LogP contribution in [0.4, 0.5) is 19.0 Å². The smallest absolute Gasteiger partial charge is 0.383 e. The van der Waals surface area contributed by atoms with Gasteiger partial charge in [-0.3, -0.25) is 0 Å². The number of alkyl halides is 3. The van der Waals surface area contributed by atoms with E-state index in [-0.39, 0.29) is 22.7 Å². The van der Waals surface area contributed by atoms with Crippen molar-refractivity contribution in [2.75, 3.05) is 5.73 Å². The van der Waals surface area contributed by atoms with E-state index in [9.17, 15) is 13.2 Å². The van der Waals surface area contributed by atoms with Crippen LogP contribution in [0.3, 0.4) is 0 Å². The van der Waals surface area contributed by atoms with Gasteiger partial charge in [0, 0.05) is 12.4 Å². The fraction of sp³-hybridized carbons (Fsp3) is 0.438. The van der Waals surface area contributed by atoms with Gasteiger partial charge in [-0.15, -0.1) is 0 Å². The van der Waals surface area contributed by atoms with E-state index in [0.717, 1.165) is 11.1 Å². The van der Waals surface area contributed by atoms with Gasteiger partial charge in [0.25, 0.3) is 5.95 Å². The van der Waals surface area contributed by atoms with Crippen molar-refractivity contribution in [2.45, 2.75) is 39.3 Å². The standard InChI is InChI=1S/C16H18F3N5/c1-15(2)6-3-5-10(9-15)11-12(16(17,18)19)23-24(13(11)20)14-21-7-4-8-22-14/h4-5,7-8H,3,6,9,20H2,1-2H3. The zero-order valence-electron chi connectivity index (χ0n) is 13.4. The number of anilines is 1. The summed E-state index contributed by atoms with van der Waals surface area (Å²) < 4.78 is 41.5. The lowest BCUT2D eigenvalue weighted by atomic mass is 9.75. The van der Waals surface area contributed by atoms with E-state index in [1.54, 1.807) is 6.07 Å². The summed E-state index contributed by atoms with van der Waals surface area (Å²) in [6, 6.07) is 1.57. The molecule has 0 fully saturated rings. The van der Waals surface area contributed by atoms with Crippen LogP contribution >= 0.6 is 0 Å². The Morgan fingerprint density at radius 1 is 1.21 bits per heavy atom. The third kappa shape index (κ3) is 3.00. The van der Waals surface area contributed by atoms with Crippen LogP contribution in [-0.4, -0.2) is 19.7 Å².